The van der Waals surface area contributed by atoms with E-state index >= 15 is 0 Å². The molecule has 3 aromatic heterocycles. The predicted molar refractivity (Wildman–Crippen MR) is 206 cm³/mol. The number of aromatic nitrogens is 3. The molecule has 0 aliphatic carbocycles. The monoisotopic (exact) mass is 955 g/mol. The van der Waals surface area contributed by atoms with Crippen molar-refractivity contribution in [3.63, 3.8) is 0 Å². The molecule has 5 rings (SSSR count). The highest BCUT2D eigenvalue weighted by molar-refractivity contribution is 6.83. The molecule has 0 fully saturated rings. The number of nitrogens with one attached hydrogen (secondary N) is 1. The average Bonchev–Trinajstić information content (AvgIpc) is 3.50. The molecule has 0 radical (unpaired) electrons. The van der Waals surface area contributed by atoms with Gasteiger partial charge in [0, 0.05) is 38.8 Å². The number of imide groups is 1. The number of nitrogens with zero attached hydrogens (tertiary/aromatic N) is 7. The second kappa shape index (κ2) is 22.5. The first kappa shape index (κ1) is 56.4. The number of pyridine rings is 3. The number of alkyl halides is 9. The highest BCUT2D eigenvalue weighted by Crippen LogP contribution is 2.33. The normalized spacial score (nSPS) is 13.5. The van der Waals surface area contributed by atoms with Crippen molar-refractivity contribution in [1.82, 2.24) is 15.0 Å². The summed E-state index contributed by atoms with van der Waals surface area (Å²) >= 11 is 10.6. The second-order valence-corrected chi connectivity index (χ2v) is 18.5. The van der Waals surface area contributed by atoms with Gasteiger partial charge in [0.2, 0.25) is 6.20 Å². The Morgan fingerprint density at radius 2 is 1.11 bits per heavy atom. The van der Waals surface area contributed by atoms with E-state index in [0.717, 1.165) is 30.3 Å². The van der Waals surface area contributed by atoms with Gasteiger partial charge in [0.05, 0.1) is 11.1 Å². The second-order valence-electron chi connectivity index (χ2n) is 13.0. The van der Waals surface area contributed by atoms with Crippen LogP contribution in [0.3, 0.4) is 0 Å². The Hall–Kier alpha value is -6.55. The van der Waals surface area contributed by atoms with Crippen LogP contribution in [0, 0.1) is 33.6 Å². The van der Waals surface area contributed by atoms with Crippen LogP contribution in [0.15, 0.2) is 64.9 Å². The van der Waals surface area contributed by atoms with E-state index in [-0.39, 0.29) is 39.4 Å². The van der Waals surface area contributed by atoms with Crippen LogP contribution < -0.4 is 10.2 Å². The molecule has 14 nitrogen and oxygen atoms in total. The van der Waals surface area contributed by atoms with Crippen LogP contribution >= 0.6 is 23.2 Å². The zero-order chi connectivity index (χ0) is 48.3. The Balaban J connectivity index is 0.000000813. The maximum absolute atomic E-state index is 12.7. The number of nitriles is 3. The van der Waals surface area contributed by atoms with Gasteiger partial charge in [-0.15, -0.1) is 0 Å². The Kier molecular flexibility index (Phi) is 20.2. The van der Waals surface area contributed by atoms with Crippen molar-refractivity contribution in [3.8, 4) is 17.8 Å². The molecule has 63 heavy (non-hydrogen) atoms. The highest BCUT2D eigenvalue weighted by atomic mass is 35.5. The number of anilines is 1. The summed E-state index contributed by atoms with van der Waals surface area (Å²) in [6, 6.07) is 7.73. The van der Waals surface area contributed by atoms with Crippen LogP contribution in [-0.4, -0.2) is 52.0 Å². The van der Waals surface area contributed by atoms with Crippen LogP contribution in [0.4, 0.5) is 45.3 Å². The van der Waals surface area contributed by atoms with Crippen LogP contribution in [0.25, 0.3) is 0 Å². The Morgan fingerprint density at radius 3 is 1.44 bits per heavy atom. The summed E-state index contributed by atoms with van der Waals surface area (Å²) in [4.78, 5) is 51.4. The molecular weight excluding hydrogens is 922 g/mol. The molecule has 26 heteroatoms. The summed E-state index contributed by atoms with van der Waals surface area (Å²) in [5.41, 5.74) is 1.08. The van der Waals surface area contributed by atoms with Crippen LogP contribution in [-0.2, 0) is 42.4 Å². The lowest BCUT2D eigenvalue weighted by Gasteiger charge is -2.17. The fourth-order valence-corrected chi connectivity index (χ4v) is 3.99. The summed E-state index contributed by atoms with van der Waals surface area (Å²) in [6.45, 7) is 12.1. The maximum atomic E-state index is 12.7. The van der Waals surface area contributed by atoms with E-state index in [2.05, 4.69) is 25.8 Å². The van der Waals surface area contributed by atoms with E-state index in [0.29, 0.717) is 28.4 Å². The van der Waals surface area contributed by atoms with Gasteiger partial charge in [-0.1, -0.05) is 38.7 Å². The van der Waals surface area contributed by atoms with Crippen LogP contribution in [0.2, 0.25) is 29.9 Å². The van der Waals surface area contributed by atoms with Crippen molar-refractivity contribution >= 4 is 60.8 Å². The number of halogens is 11. The topological polar surface area (TPSA) is 214 Å². The third-order valence-electron chi connectivity index (χ3n) is 7.32. The first-order chi connectivity index (χ1) is 28.2. The number of hydrazine groups is 1. The van der Waals surface area contributed by atoms with Crippen molar-refractivity contribution in [3.05, 3.63) is 103 Å². The quantitative estimate of drug-likeness (QED) is 0.0360. The average molecular weight is 957 g/mol. The molecular formula is C37H34Cl2F9N8O6Si+. The van der Waals surface area contributed by atoms with Crippen molar-refractivity contribution in [2.24, 2.45) is 0 Å². The summed E-state index contributed by atoms with van der Waals surface area (Å²) < 4.78 is 115. The van der Waals surface area contributed by atoms with Gasteiger partial charge in [0.15, 0.2) is 19.5 Å². The lowest BCUT2D eigenvalue weighted by atomic mass is 10.2. The number of amides is 2. The van der Waals surface area contributed by atoms with E-state index in [1.54, 1.807) is 13.8 Å². The Morgan fingerprint density at radius 1 is 0.698 bits per heavy atom. The van der Waals surface area contributed by atoms with Gasteiger partial charge < -0.3 is 4.74 Å². The molecule has 0 saturated heterocycles. The molecule has 338 valence electrons. The van der Waals surface area contributed by atoms with Gasteiger partial charge in [-0.2, -0.15) is 55.0 Å². The number of cyclic esters (lactones) is 2. The van der Waals surface area contributed by atoms with Gasteiger partial charge >= 0.3 is 35.6 Å². The SMILES string of the molecule is C.CC1=C(C)C(=O)N(Nc2ccc(C(F)(F)F)c(C#N)n2)C1=O.CC1=C(C)C(=O)OC1=O.C[Si](C)(C)C#N.N#Cc1nc(Cl)ccc1C(F)(F)F.O[n+]1cc(C(F)(F)F)ccc1Cl. The zero-order valence-corrected chi connectivity index (χ0v) is 35.3. The standard InChI is InChI=1S/C13H9F3N4O2.C7H2ClF3N2.C6H4ClF3NO.C6H6O3.C4H9NSi.CH4/c1-6-7(2)12(22)20(11(6)21)19-10-4-3-8(13(14,15)16)9(5-17)18-10;8-6-2-1-4(7(9,10)11)5(3-12)13-6;7-5-2-1-4(3-11(5)12)6(8,9)10;1-3-4(2)6(8)9-5(3)7;1-6(2,3)4-5;/h3-4H,1-2H3,(H,18,19);1-2H;1-3,12H;1-2H3;1-3H3;1H4/q;;+1;;;. The molecule has 2 N–H and O–H groups in total. The fourth-order valence-electron chi connectivity index (χ4n) is 3.73. The number of hydrogen-bond acceptors (Lipinski definition) is 12. The molecule has 3 aromatic rings. The minimum atomic E-state index is -4.72. The minimum absolute atomic E-state index is 0. The summed E-state index contributed by atoms with van der Waals surface area (Å²) in [7, 11) is -1.33. The van der Waals surface area contributed by atoms with Gasteiger partial charge in [0.25, 0.3) is 11.8 Å². The molecule has 0 saturated carbocycles. The van der Waals surface area contributed by atoms with Crippen LogP contribution in [0.1, 0.15) is 63.2 Å². The number of hydrogen-bond donors (Lipinski definition) is 2. The molecule has 0 unspecified atom stereocenters. The van der Waals surface area contributed by atoms with Crippen LogP contribution in [0.5, 0.6) is 0 Å². The Labute approximate surface area is 364 Å². The first-order valence-corrected chi connectivity index (χ1v) is 20.7. The lowest BCUT2D eigenvalue weighted by Crippen LogP contribution is -2.37. The van der Waals surface area contributed by atoms with E-state index in [9.17, 15) is 58.7 Å². The molecule has 2 amide bonds. The molecule has 0 spiro atoms. The van der Waals surface area contributed by atoms with E-state index in [1.807, 2.05) is 19.6 Å². The number of carbonyl (C=O) groups is 4. The number of rotatable bonds is 2. The number of esters is 2. The fraction of sp³-hybridized carbons (Fsp3) is 0.297. The molecule has 2 aliphatic rings. The third kappa shape index (κ3) is 16.7. The van der Waals surface area contributed by atoms with E-state index < -0.39 is 78.4 Å². The van der Waals surface area contributed by atoms with Crippen molar-refractivity contribution < 1.29 is 73.4 Å². The van der Waals surface area contributed by atoms with Gasteiger partial charge in [0.1, 0.15) is 28.7 Å². The highest BCUT2D eigenvalue weighted by Gasteiger charge is 2.37. The predicted octanol–water partition coefficient (Wildman–Crippen LogP) is 8.94. The Bertz CT molecular complexity index is 2390. The van der Waals surface area contributed by atoms with Crippen molar-refractivity contribution in [2.45, 2.75) is 73.3 Å². The summed E-state index contributed by atoms with van der Waals surface area (Å²) in [5.74, 6) is -2.49. The largest absolute Gasteiger partial charge is 0.422 e. The summed E-state index contributed by atoms with van der Waals surface area (Å²) in [6.07, 6.45) is -13.2. The van der Waals surface area contributed by atoms with Gasteiger partial charge in [-0.05, 0) is 69.6 Å². The third-order valence-corrected chi connectivity index (χ3v) is 8.50. The van der Waals surface area contributed by atoms with Gasteiger partial charge in [-0.3, -0.25) is 20.2 Å². The minimum Gasteiger partial charge on any atom is -0.386 e. The molecule has 2 aliphatic heterocycles. The van der Waals surface area contributed by atoms with E-state index in [4.69, 9.17) is 44.2 Å². The maximum Gasteiger partial charge on any atom is 0.422 e. The molecule has 0 bridgehead atoms. The van der Waals surface area contributed by atoms with E-state index in [1.165, 1.54) is 26.0 Å². The molecule has 0 aromatic carbocycles. The first-order valence-electron chi connectivity index (χ1n) is 16.5. The summed E-state index contributed by atoms with van der Waals surface area (Å²) in [5, 5.41) is 34.4. The molecule has 5 heterocycles. The smallest absolute Gasteiger partial charge is 0.386 e. The number of ether oxygens (including phenoxy) is 1. The number of carbonyl (C=O) groups excluding carboxylic acids is 4. The van der Waals surface area contributed by atoms with Gasteiger partial charge in [-0.25, -0.2) is 24.8 Å². The molecule has 0 atom stereocenters. The lowest BCUT2D eigenvalue weighted by molar-refractivity contribution is -0.903. The van der Waals surface area contributed by atoms with Crippen molar-refractivity contribution in [2.75, 3.05) is 5.43 Å². The zero-order valence-electron chi connectivity index (χ0n) is 32.8. The van der Waals surface area contributed by atoms with Crippen molar-refractivity contribution in [1.29, 1.82) is 15.8 Å².